The van der Waals surface area contributed by atoms with Crippen molar-refractivity contribution in [1.29, 1.82) is 0 Å². The molecule has 4 nitrogen and oxygen atoms in total. The number of hydrogen-bond donors (Lipinski definition) is 4. The van der Waals surface area contributed by atoms with Gasteiger partial charge in [0.2, 0.25) is 0 Å². The van der Waals surface area contributed by atoms with E-state index in [0.29, 0.717) is 12.8 Å². The summed E-state index contributed by atoms with van der Waals surface area (Å²) < 4.78 is 0. The monoisotopic (exact) mass is 300 g/mol. The van der Waals surface area contributed by atoms with Gasteiger partial charge in [-0.25, -0.2) is 0 Å². The van der Waals surface area contributed by atoms with Gasteiger partial charge in [0.1, 0.15) is 0 Å². The Balaban J connectivity index is 1.89. The minimum Gasteiger partial charge on any atom is -0.390 e. The Bertz CT molecular complexity index is 558. The Morgan fingerprint density at radius 2 is 1.36 bits per heavy atom. The van der Waals surface area contributed by atoms with Crippen molar-refractivity contribution >= 4 is 0 Å². The van der Waals surface area contributed by atoms with E-state index in [4.69, 9.17) is 11.5 Å². The van der Waals surface area contributed by atoms with E-state index in [-0.39, 0.29) is 6.42 Å². The third-order valence-corrected chi connectivity index (χ3v) is 3.87. The molecule has 0 aliphatic rings. The van der Waals surface area contributed by atoms with Crippen molar-refractivity contribution in [3.8, 4) is 0 Å². The normalized spacial score (nSPS) is 14.5. The predicted molar refractivity (Wildman–Crippen MR) is 87.9 cm³/mol. The molecule has 0 spiro atoms. The van der Waals surface area contributed by atoms with E-state index in [1.54, 1.807) is 0 Å². The zero-order valence-electron chi connectivity index (χ0n) is 12.6. The first kappa shape index (κ1) is 16.6. The number of hydrogen-bond acceptors (Lipinski definition) is 4. The molecule has 2 atom stereocenters. The maximum atomic E-state index is 10.2. The van der Waals surface area contributed by atoms with E-state index >= 15 is 0 Å². The molecule has 118 valence electrons. The lowest BCUT2D eigenvalue weighted by Crippen LogP contribution is -2.50. The summed E-state index contributed by atoms with van der Waals surface area (Å²) in [6, 6.07) is 19.1. The molecule has 0 aromatic heterocycles. The second-order valence-corrected chi connectivity index (χ2v) is 5.77. The number of benzene rings is 2. The molecule has 0 fully saturated rings. The van der Waals surface area contributed by atoms with Crippen molar-refractivity contribution < 1.29 is 10.2 Å². The zero-order valence-corrected chi connectivity index (χ0v) is 12.6. The van der Waals surface area contributed by atoms with Gasteiger partial charge in [-0.15, -0.1) is 0 Å². The maximum absolute atomic E-state index is 10.2. The number of aliphatic hydroxyl groups excluding tert-OH is 2. The average molecular weight is 300 g/mol. The zero-order chi connectivity index (χ0) is 16.0. The van der Waals surface area contributed by atoms with Gasteiger partial charge in [-0.05, 0) is 24.0 Å². The van der Waals surface area contributed by atoms with Gasteiger partial charge in [0.25, 0.3) is 0 Å². The van der Waals surface area contributed by atoms with E-state index in [9.17, 15) is 10.2 Å². The highest BCUT2D eigenvalue weighted by molar-refractivity contribution is 5.22. The van der Waals surface area contributed by atoms with Crippen molar-refractivity contribution in [2.45, 2.75) is 37.1 Å². The lowest BCUT2D eigenvalue weighted by atomic mass is 9.91. The fourth-order valence-electron chi connectivity index (χ4n) is 2.50. The molecule has 22 heavy (non-hydrogen) atoms. The fraction of sp³-hybridized carbons (Fsp3) is 0.333. The summed E-state index contributed by atoms with van der Waals surface area (Å²) in [7, 11) is 0. The van der Waals surface area contributed by atoms with Crippen LogP contribution in [0.1, 0.15) is 24.0 Å². The van der Waals surface area contributed by atoms with Crippen molar-refractivity contribution in [3.05, 3.63) is 71.8 Å². The van der Waals surface area contributed by atoms with E-state index in [1.165, 1.54) is 0 Å². The molecule has 2 aromatic rings. The average Bonchev–Trinajstić information content (AvgIpc) is 2.54. The predicted octanol–water partition coefficient (Wildman–Crippen LogP) is 1.50. The molecule has 0 aliphatic heterocycles. The van der Waals surface area contributed by atoms with Crippen molar-refractivity contribution in [3.63, 3.8) is 0 Å². The molecule has 2 aromatic carbocycles. The van der Waals surface area contributed by atoms with E-state index in [1.807, 2.05) is 60.7 Å². The molecule has 0 radical (unpaired) electrons. The van der Waals surface area contributed by atoms with Crippen LogP contribution >= 0.6 is 0 Å². The Hall–Kier alpha value is -1.72. The summed E-state index contributed by atoms with van der Waals surface area (Å²) in [5.41, 5.74) is 12.9. The van der Waals surface area contributed by atoms with Crippen molar-refractivity contribution in [2.75, 3.05) is 0 Å². The van der Waals surface area contributed by atoms with Crippen molar-refractivity contribution in [1.82, 2.24) is 0 Å². The molecule has 0 saturated carbocycles. The Morgan fingerprint density at radius 3 is 1.95 bits per heavy atom. The Kier molecular flexibility index (Phi) is 5.69. The summed E-state index contributed by atoms with van der Waals surface area (Å²) in [4.78, 5) is 0. The Morgan fingerprint density at radius 1 is 0.818 bits per heavy atom. The third kappa shape index (κ3) is 4.64. The van der Waals surface area contributed by atoms with Crippen LogP contribution in [-0.2, 0) is 12.1 Å². The molecule has 6 N–H and O–H groups in total. The first-order chi connectivity index (χ1) is 10.5. The minimum atomic E-state index is -1.16. The molecular weight excluding hydrogens is 276 g/mol. The molecule has 0 heterocycles. The van der Waals surface area contributed by atoms with Crippen LogP contribution in [0.3, 0.4) is 0 Å². The second-order valence-electron chi connectivity index (χ2n) is 5.77. The van der Waals surface area contributed by atoms with Crippen LogP contribution in [0, 0.1) is 0 Å². The van der Waals surface area contributed by atoms with Gasteiger partial charge >= 0.3 is 0 Å². The molecule has 2 rings (SSSR count). The highest BCUT2D eigenvalue weighted by Crippen LogP contribution is 2.20. The van der Waals surface area contributed by atoms with Gasteiger partial charge in [-0.1, -0.05) is 60.7 Å². The van der Waals surface area contributed by atoms with E-state index in [2.05, 4.69) is 0 Å². The molecular formula is C18H24N2O2. The van der Waals surface area contributed by atoms with Gasteiger partial charge < -0.3 is 21.7 Å². The molecule has 4 heteroatoms. The van der Waals surface area contributed by atoms with Gasteiger partial charge in [0, 0.05) is 6.42 Å². The largest absolute Gasteiger partial charge is 0.390 e. The molecule has 2 unspecified atom stereocenters. The number of aryl methyl sites for hydroxylation is 1. The highest BCUT2D eigenvalue weighted by atomic mass is 16.3. The first-order valence-corrected chi connectivity index (χ1v) is 7.52. The summed E-state index contributed by atoms with van der Waals surface area (Å²) in [5, 5.41) is 20.3. The standard InChI is InChI=1S/C18H24N2O2/c19-18(20,15-9-5-2-6-10-15)13-17(22)16(21)12-11-14-7-3-1-4-8-14/h1-10,16-17,21-22H,11-13,19-20H2. The van der Waals surface area contributed by atoms with Crippen LogP contribution < -0.4 is 11.5 Å². The van der Waals surface area contributed by atoms with Crippen LogP contribution in [0.25, 0.3) is 0 Å². The quantitative estimate of drug-likeness (QED) is 0.583. The van der Waals surface area contributed by atoms with Crippen LogP contribution in [-0.4, -0.2) is 22.4 Å². The summed E-state index contributed by atoms with van der Waals surface area (Å²) in [6.07, 6.45) is -0.537. The highest BCUT2D eigenvalue weighted by Gasteiger charge is 2.28. The van der Waals surface area contributed by atoms with Crippen LogP contribution in [0.2, 0.25) is 0 Å². The van der Waals surface area contributed by atoms with Crippen LogP contribution in [0.15, 0.2) is 60.7 Å². The van der Waals surface area contributed by atoms with Crippen LogP contribution in [0.4, 0.5) is 0 Å². The SMILES string of the molecule is NC(N)(CC(O)C(O)CCc1ccccc1)c1ccccc1. The lowest BCUT2D eigenvalue weighted by molar-refractivity contribution is -0.00296. The second kappa shape index (κ2) is 7.51. The van der Waals surface area contributed by atoms with Gasteiger partial charge in [-0.3, -0.25) is 0 Å². The molecule has 0 saturated heterocycles. The van der Waals surface area contributed by atoms with Gasteiger partial charge in [0.15, 0.2) is 0 Å². The number of aliphatic hydroxyl groups is 2. The number of nitrogens with two attached hydrogens (primary N) is 2. The van der Waals surface area contributed by atoms with Gasteiger partial charge in [-0.2, -0.15) is 0 Å². The molecule has 0 bridgehead atoms. The topological polar surface area (TPSA) is 92.5 Å². The van der Waals surface area contributed by atoms with E-state index in [0.717, 1.165) is 11.1 Å². The maximum Gasteiger partial charge on any atom is 0.0925 e. The van der Waals surface area contributed by atoms with Crippen molar-refractivity contribution in [2.24, 2.45) is 11.5 Å². The summed E-state index contributed by atoms with van der Waals surface area (Å²) in [5.74, 6) is 0. The van der Waals surface area contributed by atoms with Gasteiger partial charge in [0.05, 0.1) is 17.9 Å². The third-order valence-electron chi connectivity index (χ3n) is 3.87. The van der Waals surface area contributed by atoms with Crippen LogP contribution in [0.5, 0.6) is 0 Å². The summed E-state index contributed by atoms with van der Waals surface area (Å²) in [6.45, 7) is 0. The summed E-state index contributed by atoms with van der Waals surface area (Å²) >= 11 is 0. The number of rotatable bonds is 7. The molecule has 0 amide bonds. The first-order valence-electron chi connectivity index (χ1n) is 7.52. The van der Waals surface area contributed by atoms with E-state index < -0.39 is 17.9 Å². The molecule has 0 aliphatic carbocycles. The fourth-order valence-corrected chi connectivity index (χ4v) is 2.50. The minimum absolute atomic E-state index is 0.104. The smallest absolute Gasteiger partial charge is 0.0925 e. The Labute approximate surface area is 131 Å². The lowest BCUT2D eigenvalue weighted by Gasteiger charge is -2.29.